The number of halogens is 1. The van der Waals surface area contributed by atoms with Gasteiger partial charge >= 0.3 is 6.09 Å². The van der Waals surface area contributed by atoms with E-state index in [1.54, 1.807) is 20.8 Å². The summed E-state index contributed by atoms with van der Waals surface area (Å²) in [5, 5.41) is 32.8. The van der Waals surface area contributed by atoms with Crippen LogP contribution in [0.25, 0.3) is 0 Å². The lowest BCUT2D eigenvalue weighted by Crippen LogP contribution is -2.53. The first-order valence-corrected chi connectivity index (χ1v) is 8.76. The number of benzene rings is 1. The second kappa shape index (κ2) is 7.98. The third kappa shape index (κ3) is 4.67. The van der Waals surface area contributed by atoms with Gasteiger partial charge in [-0.3, -0.25) is 10.1 Å². The van der Waals surface area contributed by atoms with Crippen molar-refractivity contribution in [3.63, 3.8) is 0 Å². The van der Waals surface area contributed by atoms with Crippen LogP contribution in [0.4, 0.5) is 20.6 Å². The number of piperidine rings is 1. The highest BCUT2D eigenvalue weighted by molar-refractivity contribution is 5.68. The van der Waals surface area contributed by atoms with E-state index in [2.05, 4.69) is 5.32 Å². The van der Waals surface area contributed by atoms with Gasteiger partial charge in [-0.2, -0.15) is 5.26 Å². The normalized spacial score (nSPS) is 16.2. The molecule has 1 aromatic carbocycles. The van der Waals surface area contributed by atoms with Gasteiger partial charge in [-0.05, 0) is 39.7 Å². The number of carbonyl (C=O) groups excluding carboxylic acids is 1. The second-order valence-corrected chi connectivity index (χ2v) is 7.72. The van der Waals surface area contributed by atoms with Gasteiger partial charge in [0.15, 0.2) is 11.4 Å². The molecule has 1 fully saturated rings. The molecular weight excluding hydrogens is 371 g/mol. The van der Waals surface area contributed by atoms with Gasteiger partial charge in [0.05, 0.1) is 22.8 Å². The van der Waals surface area contributed by atoms with Crippen LogP contribution in [0.5, 0.6) is 0 Å². The summed E-state index contributed by atoms with van der Waals surface area (Å²) >= 11 is 0. The average molecular weight is 394 g/mol. The van der Waals surface area contributed by atoms with Crippen molar-refractivity contribution in [3.8, 4) is 6.07 Å². The molecule has 1 amide bonds. The number of nitrogens with zero attached hydrogens (tertiary/aromatic N) is 3. The van der Waals surface area contributed by atoms with Crippen LogP contribution in [-0.4, -0.2) is 51.9 Å². The second-order valence-electron chi connectivity index (χ2n) is 7.72. The van der Waals surface area contributed by atoms with Crippen molar-refractivity contribution >= 4 is 17.5 Å². The van der Waals surface area contributed by atoms with E-state index >= 15 is 0 Å². The number of hydrogen-bond donors (Lipinski definition) is 2. The van der Waals surface area contributed by atoms with Crippen LogP contribution in [0, 0.1) is 27.3 Å². The molecule has 152 valence electrons. The van der Waals surface area contributed by atoms with E-state index in [4.69, 9.17) is 10.00 Å². The predicted octanol–water partition coefficient (Wildman–Crippen LogP) is 2.78. The zero-order valence-electron chi connectivity index (χ0n) is 16.0. The number of hydrogen-bond acceptors (Lipinski definition) is 7. The zero-order valence-corrected chi connectivity index (χ0v) is 16.0. The van der Waals surface area contributed by atoms with Crippen LogP contribution in [0.1, 0.15) is 39.2 Å². The van der Waals surface area contributed by atoms with E-state index in [1.165, 1.54) is 17.0 Å². The topological polar surface area (TPSA) is 129 Å². The Morgan fingerprint density at radius 2 is 2.07 bits per heavy atom. The summed E-state index contributed by atoms with van der Waals surface area (Å²) in [4.78, 5) is 23.8. The standard InChI is InChI=1S/C18H23FN4O5/c1-17(2,3)28-16(25)22-8-6-18(11-24,7-9-22)21-13-4-5-14(23(26)27)12(10-20)15(13)19/h4-5,21,24H,6-9,11H2,1-3H3. The zero-order chi connectivity index (χ0) is 21.1. The lowest BCUT2D eigenvalue weighted by atomic mass is 9.88. The number of likely N-dealkylation sites (tertiary alicyclic amines) is 1. The molecule has 0 radical (unpaired) electrons. The minimum atomic E-state index is -1.04. The quantitative estimate of drug-likeness (QED) is 0.593. The van der Waals surface area contributed by atoms with Gasteiger partial charge in [0, 0.05) is 19.2 Å². The van der Waals surface area contributed by atoms with Gasteiger partial charge in [0.25, 0.3) is 5.69 Å². The van der Waals surface area contributed by atoms with Gasteiger partial charge in [-0.25, -0.2) is 9.18 Å². The van der Waals surface area contributed by atoms with Crippen molar-refractivity contribution in [1.82, 2.24) is 4.90 Å². The SMILES string of the molecule is CC(C)(C)OC(=O)N1CCC(CO)(Nc2ccc([N+](=O)[O-])c(C#N)c2F)CC1. The Kier molecular flexibility index (Phi) is 6.09. The number of nitro benzene ring substituents is 1. The maximum absolute atomic E-state index is 14.6. The summed E-state index contributed by atoms with van der Waals surface area (Å²) in [5.41, 5.74) is -2.96. The van der Waals surface area contributed by atoms with E-state index in [9.17, 15) is 24.4 Å². The molecule has 9 nitrogen and oxygen atoms in total. The first kappa shape index (κ1) is 21.4. The van der Waals surface area contributed by atoms with Crippen molar-refractivity contribution in [1.29, 1.82) is 5.26 Å². The summed E-state index contributed by atoms with van der Waals surface area (Å²) in [5.74, 6) is -1.04. The number of nitrogens with one attached hydrogen (secondary N) is 1. The molecule has 1 heterocycles. The van der Waals surface area contributed by atoms with Gasteiger partial charge in [0.1, 0.15) is 11.7 Å². The summed E-state index contributed by atoms with van der Waals surface area (Å²) in [6, 6.07) is 3.73. The molecule has 0 saturated carbocycles. The Morgan fingerprint density at radius 1 is 1.46 bits per heavy atom. The number of aliphatic hydroxyl groups excluding tert-OH is 1. The van der Waals surface area contributed by atoms with Gasteiger partial charge in [-0.15, -0.1) is 0 Å². The van der Waals surface area contributed by atoms with Crippen LogP contribution in [0.2, 0.25) is 0 Å². The highest BCUT2D eigenvalue weighted by Gasteiger charge is 2.37. The van der Waals surface area contributed by atoms with Crippen molar-refractivity contribution in [3.05, 3.63) is 33.6 Å². The molecule has 1 aliphatic heterocycles. The van der Waals surface area contributed by atoms with Crippen LogP contribution in [0.3, 0.4) is 0 Å². The first-order chi connectivity index (χ1) is 13.0. The lowest BCUT2D eigenvalue weighted by Gasteiger charge is -2.42. The number of rotatable bonds is 4. The van der Waals surface area contributed by atoms with Crippen LogP contribution in [0.15, 0.2) is 12.1 Å². The smallest absolute Gasteiger partial charge is 0.410 e. The number of nitro groups is 1. The fraction of sp³-hybridized carbons (Fsp3) is 0.556. The molecule has 2 N–H and O–H groups in total. The molecule has 28 heavy (non-hydrogen) atoms. The van der Waals surface area contributed by atoms with Gasteiger partial charge in [0.2, 0.25) is 0 Å². The molecule has 1 saturated heterocycles. The fourth-order valence-electron chi connectivity index (χ4n) is 2.97. The first-order valence-electron chi connectivity index (χ1n) is 8.76. The Morgan fingerprint density at radius 3 is 2.54 bits per heavy atom. The third-order valence-corrected chi connectivity index (χ3v) is 4.50. The number of anilines is 1. The summed E-state index contributed by atoms with van der Waals surface area (Å²) in [7, 11) is 0. The molecule has 0 unspecified atom stereocenters. The largest absolute Gasteiger partial charge is 0.444 e. The molecule has 2 rings (SSSR count). The Balaban J connectivity index is 2.17. The third-order valence-electron chi connectivity index (χ3n) is 4.50. The van der Waals surface area contributed by atoms with E-state index in [1.807, 2.05) is 0 Å². The lowest BCUT2D eigenvalue weighted by molar-refractivity contribution is -0.385. The molecule has 10 heteroatoms. The molecule has 0 spiro atoms. The van der Waals surface area contributed by atoms with E-state index in [0.29, 0.717) is 12.8 Å². The number of aliphatic hydroxyl groups is 1. The molecule has 1 aromatic rings. The maximum atomic E-state index is 14.6. The minimum absolute atomic E-state index is 0.109. The Bertz CT molecular complexity index is 807. The van der Waals surface area contributed by atoms with E-state index in [0.717, 1.165) is 6.07 Å². The summed E-state index contributed by atoms with van der Waals surface area (Å²) in [6.45, 7) is 5.51. The maximum Gasteiger partial charge on any atom is 0.410 e. The monoisotopic (exact) mass is 394 g/mol. The number of carbonyl (C=O) groups is 1. The van der Waals surface area contributed by atoms with Gasteiger partial charge < -0.3 is 20.1 Å². The van der Waals surface area contributed by atoms with Crippen LogP contribution in [-0.2, 0) is 4.74 Å². The minimum Gasteiger partial charge on any atom is -0.444 e. The fourth-order valence-corrected chi connectivity index (χ4v) is 2.97. The molecule has 0 atom stereocenters. The van der Waals surface area contributed by atoms with Crippen molar-refractivity contribution < 1.29 is 24.0 Å². The summed E-state index contributed by atoms with van der Waals surface area (Å²) in [6.07, 6.45) is 0.148. The van der Waals surface area contributed by atoms with Crippen molar-refractivity contribution in [2.24, 2.45) is 0 Å². The van der Waals surface area contributed by atoms with Gasteiger partial charge in [-0.1, -0.05) is 0 Å². The molecule has 0 aliphatic carbocycles. The number of ether oxygens (including phenoxy) is 1. The molecule has 0 aromatic heterocycles. The molecule has 1 aliphatic rings. The van der Waals surface area contributed by atoms with E-state index < -0.39 is 39.2 Å². The highest BCUT2D eigenvalue weighted by Crippen LogP contribution is 2.32. The van der Waals surface area contributed by atoms with Crippen molar-refractivity contribution in [2.45, 2.75) is 44.8 Å². The predicted molar refractivity (Wildman–Crippen MR) is 98.2 cm³/mol. The number of nitriles is 1. The van der Waals surface area contributed by atoms with Crippen LogP contribution >= 0.6 is 0 Å². The molecule has 0 bridgehead atoms. The van der Waals surface area contributed by atoms with Crippen molar-refractivity contribution in [2.75, 3.05) is 25.0 Å². The number of amides is 1. The molecular formula is C18H23FN4O5. The van der Waals surface area contributed by atoms with E-state index in [-0.39, 0.29) is 25.4 Å². The van der Waals surface area contributed by atoms with Crippen LogP contribution < -0.4 is 5.32 Å². The average Bonchev–Trinajstić information content (AvgIpc) is 2.62. The highest BCUT2D eigenvalue weighted by atomic mass is 19.1. The Hall–Kier alpha value is -2.93. The summed E-state index contributed by atoms with van der Waals surface area (Å²) < 4.78 is 19.9. The Labute approximate surface area is 161 Å².